The van der Waals surface area contributed by atoms with E-state index in [1.54, 1.807) is 6.92 Å². The molecule has 5 aliphatic heterocycles. The van der Waals surface area contributed by atoms with Crippen molar-refractivity contribution in [1.29, 1.82) is 0 Å². The number of allylic oxidation sites excluding steroid dienone is 10. The van der Waals surface area contributed by atoms with Crippen molar-refractivity contribution in [2.24, 2.45) is 31.8 Å². The van der Waals surface area contributed by atoms with E-state index in [-0.39, 0.29) is 36.4 Å². The van der Waals surface area contributed by atoms with Crippen LogP contribution in [0.5, 0.6) is 0 Å². The van der Waals surface area contributed by atoms with Crippen LogP contribution >= 0.6 is 0 Å². The Morgan fingerprint density at radius 3 is 2.40 bits per heavy atom. The lowest BCUT2D eigenvalue weighted by atomic mass is 9.83. The van der Waals surface area contributed by atoms with Crippen molar-refractivity contribution in [3.05, 3.63) is 79.5 Å². The van der Waals surface area contributed by atoms with Gasteiger partial charge in [-0.25, -0.2) is 15.0 Å². The van der Waals surface area contributed by atoms with Crippen LogP contribution in [0.1, 0.15) is 87.0 Å². The van der Waals surface area contributed by atoms with Crippen LogP contribution in [-0.2, 0) is 14.3 Å². The zero-order valence-corrected chi connectivity index (χ0v) is 27.6. The highest BCUT2D eigenvalue weighted by Crippen LogP contribution is 2.46. The van der Waals surface area contributed by atoms with Gasteiger partial charge in [-0.05, 0) is 87.0 Å². The highest BCUT2D eigenvalue weighted by Gasteiger charge is 2.43. The van der Waals surface area contributed by atoms with Gasteiger partial charge in [0.05, 0.1) is 53.1 Å². The summed E-state index contributed by atoms with van der Waals surface area (Å²) in [6.07, 6.45) is 6.85. The Bertz CT molecular complexity index is 1800. The molecule has 1 N–H and O–H groups in total. The Kier molecular flexibility index (Phi) is 8.06. The largest absolute Gasteiger partial charge is 0.469 e. The fourth-order valence-electron chi connectivity index (χ4n) is 7.70. The Morgan fingerprint density at radius 2 is 1.73 bits per heavy atom. The van der Waals surface area contributed by atoms with Gasteiger partial charge in [0.2, 0.25) is 0 Å². The Hall–Kier alpha value is -4.04. The maximum absolute atomic E-state index is 13.7. The van der Waals surface area contributed by atoms with Crippen LogP contribution in [0.2, 0.25) is 0 Å². The van der Waals surface area contributed by atoms with Gasteiger partial charge >= 0.3 is 5.97 Å². The summed E-state index contributed by atoms with van der Waals surface area (Å²) in [5.41, 5.74) is 13.8. The Labute approximate surface area is 265 Å². The van der Waals surface area contributed by atoms with Crippen molar-refractivity contribution in [3.8, 4) is 0 Å². The number of aliphatic imine (C=N–C) groups is 4. The molecule has 0 unspecified atom stereocenters. The van der Waals surface area contributed by atoms with Crippen LogP contribution in [0.25, 0.3) is 0 Å². The molecular weight excluding hydrogens is 564 g/mol. The summed E-state index contributed by atoms with van der Waals surface area (Å²) in [4.78, 5) is 46.6. The van der Waals surface area contributed by atoms with E-state index in [2.05, 4.69) is 27.7 Å². The molecule has 6 aliphatic rings. The van der Waals surface area contributed by atoms with E-state index >= 15 is 0 Å². The smallest absolute Gasteiger partial charge is 0.305 e. The maximum atomic E-state index is 13.7. The summed E-state index contributed by atoms with van der Waals surface area (Å²) >= 11 is 0. The number of carbonyl (C=O) groups is 2. The van der Waals surface area contributed by atoms with Crippen LogP contribution < -0.4 is 0 Å². The van der Waals surface area contributed by atoms with Gasteiger partial charge in [-0.15, -0.1) is 0 Å². The van der Waals surface area contributed by atoms with Crippen LogP contribution in [-0.4, -0.2) is 52.9 Å². The zero-order chi connectivity index (χ0) is 32.3. The molecule has 8 bridgehead atoms. The number of carbonyl (C=O) groups excluding carboxylic acids is 2. The van der Waals surface area contributed by atoms with Gasteiger partial charge in [0.1, 0.15) is 0 Å². The average Bonchev–Trinajstić information content (AvgIpc) is 3.77. The summed E-state index contributed by atoms with van der Waals surface area (Å²) < 4.78 is 4.99. The van der Waals surface area contributed by atoms with Crippen LogP contribution in [0.4, 0.5) is 0 Å². The van der Waals surface area contributed by atoms with Gasteiger partial charge in [0, 0.05) is 47.1 Å². The quantitative estimate of drug-likeness (QED) is 0.321. The first-order chi connectivity index (χ1) is 21.5. The number of Topliss-reactive ketones (excluding diaryl/α,β-unsaturated/α-hetero) is 1. The molecule has 1 saturated carbocycles. The molecule has 0 aromatic carbocycles. The molecule has 1 aliphatic carbocycles. The van der Waals surface area contributed by atoms with Gasteiger partial charge in [0.15, 0.2) is 5.78 Å². The lowest BCUT2D eigenvalue weighted by molar-refractivity contribution is -0.140. The second kappa shape index (κ2) is 11.7. The van der Waals surface area contributed by atoms with E-state index in [4.69, 9.17) is 24.7 Å². The van der Waals surface area contributed by atoms with Crippen molar-refractivity contribution in [2.75, 3.05) is 7.11 Å². The minimum absolute atomic E-state index is 0.0325. The van der Waals surface area contributed by atoms with Crippen molar-refractivity contribution < 1.29 is 19.4 Å². The number of methoxy groups -OCH3 is 1. The third-order valence-corrected chi connectivity index (χ3v) is 10.0. The fraction of sp³-hybridized carbons (Fsp3) is 0.459. The van der Waals surface area contributed by atoms with Crippen molar-refractivity contribution >= 4 is 34.6 Å². The lowest BCUT2D eigenvalue weighted by Crippen LogP contribution is -2.19. The number of hydrogen-bond donors (Lipinski definition) is 1. The van der Waals surface area contributed by atoms with Gasteiger partial charge in [-0.1, -0.05) is 27.2 Å². The predicted molar refractivity (Wildman–Crippen MR) is 178 cm³/mol. The van der Waals surface area contributed by atoms with Crippen molar-refractivity contribution in [3.63, 3.8) is 0 Å². The molecule has 0 saturated heterocycles. The van der Waals surface area contributed by atoms with Crippen LogP contribution in [0.3, 0.4) is 0 Å². The Balaban J connectivity index is 1.66. The normalized spacial score (nSPS) is 24.9. The number of rotatable bonds is 7. The fourth-order valence-corrected chi connectivity index (χ4v) is 7.70. The Morgan fingerprint density at radius 1 is 1.00 bits per heavy atom. The number of esters is 1. The summed E-state index contributed by atoms with van der Waals surface area (Å²) in [5.74, 6) is -0.331. The molecule has 6 rings (SSSR count). The first kappa shape index (κ1) is 31.0. The van der Waals surface area contributed by atoms with Gasteiger partial charge in [0.25, 0.3) is 0 Å². The SMILES string of the molecule is CCCC1=C(C)C2=CC3=NC(=C(C)C4=NC(=C5CC(=O)C6=C(CC)C(=CC1=N2)N=C56)[C@@H](CCC(=O)OC)[C@@H]4C)C(C)=C3[C@@H](C)O. The third-order valence-electron chi connectivity index (χ3n) is 10.0. The van der Waals surface area contributed by atoms with Gasteiger partial charge in [-0.2, -0.15) is 0 Å². The molecule has 0 radical (unpaired) electrons. The third kappa shape index (κ3) is 4.94. The average molecular weight is 607 g/mol. The second-order valence-corrected chi connectivity index (χ2v) is 12.7. The minimum Gasteiger partial charge on any atom is -0.469 e. The summed E-state index contributed by atoms with van der Waals surface area (Å²) in [7, 11) is 1.41. The van der Waals surface area contributed by atoms with Crippen molar-refractivity contribution in [2.45, 2.75) is 93.1 Å². The first-order valence-electron chi connectivity index (χ1n) is 16.2. The number of aliphatic hydroxyl groups excluding tert-OH is 1. The molecule has 1 fully saturated rings. The molecule has 5 heterocycles. The summed E-state index contributed by atoms with van der Waals surface area (Å²) in [6.45, 7) is 14.3. The number of ketones is 1. The van der Waals surface area contributed by atoms with E-state index in [9.17, 15) is 14.7 Å². The van der Waals surface area contributed by atoms with Gasteiger partial charge in [-0.3, -0.25) is 14.6 Å². The standard InChI is InChI=1S/C37H42N4O4/c1-9-11-23-17(3)26-15-29-32(21(7)42)19(5)35(40-29)20(6)34-18(4)24(12-13-31(44)45-8)36(41-34)25-14-30(43)33-22(10-2)27(39-37(25)33)16-28(23)38-26/h15-16,18,21,24,42H,9-14H2,1-8H3/t18-,21+,24-/m0/s1. The minimum atomic E-state index is -0.723. The van der Waals surface area contributed by atoms with Gasteiger partial charge < -0.3 is 9.84 Å². The summed E-state index contributed by atoms with van der Waals surface area (Å²) in [5, 5.41) is 10.9. The molecule has 0 aromatic heterocycles. The highest BCUT2D eigenvalue weighted by atomic mass is 16.5. The predicted octanol–water partition coefficient (Wildman–Crippen LogP) is 6.81. The molecule has 8 heteroatoms. The molecule has 0 aromatic rings. The zero-order valence-electron chi connectivity index (χ0n) is 27.6. The second-order valence-electron chi connectivity index (χ2n) is 12.7. The number of ether oxygens (including phenoxy) is 1. The molecule has 45 heavy (non-hydrogen) atoms. The lowest BCUT2D eigenvalue weighted by Gasteiger charge is -2.19. The number of fused-ring (bicyclic) bond motifs is 4. The number of aliphatic hydroxyl groups is 1. The van der Waals surface area contributed by atoms with Crippen molar-refractivity contribution in [1.82, 2.24) is 0 Å². The topological polar surface area (TPSA) is 113 Å². The monoisotopic (exact) mass is 606 g/mol. The van der Waals surface area contributed by atoms with E-state index in [0.29, 0.717) is 24.1 Å². The molecule has 0 amide bonds. The highest BCUT2D eigenvalue weighted by molar-refractivity contribution is 6.38. The van der Waals surface area contributed by atoms with Crippen LogP contribution in [0.15, 0.2) is 99.5 Å². The van der Waals surface area contributed by atoms with E-state index in [1.807, 2.05) is 26.0 Å². The molecule has 8 nitrogen and oxygen atoms in total. The summed E-state index contributed by atoms with van der Waals surface area (Å²) in [6, 6.07) is 0. The number of hydrogen-bond acceptors (Lipinski definition) is 8. The molecule has 0 spiro atoms. The first-order valence-corrected chi connectivity index (χ1v) is 16.2. The number of nitrogens with zero attached hydrogens (tertiary/aromatic N) is 4. The van der Waals surface area contributed by atoms with E-state index in [0.717, 1.165) is 91.8 Å². The van der Waals surface area contributed by atoms with E-state index < -0.39 is 6.10 Å². The molecule has 3 atom stereocenters. The molecular formula is C37H42N4O4. The maximum Gasteiger partial charge on any atom is 0.305 e. The molecule has 234 valence electrons. The van der Waals surface area contributed by atoms with Crippen LogP contribution in [0, 0.1) is 11.8 Å². The van der Waals surface area contributed by atoms with E-state index in [1.165, 1.54) is 7.11 Å².